The number of aromatic nitrogens is 2. The Labute approximate surface area is 192 Å². The molecule has 6 rings (SSSR count). The lowest BCUT2D eigenvalue weighted by Gasteiger charge is -2.17. The van der Waals surface area contributed by atoms with Gasteiger partial charge in [0.25, 0.3) is 0 Å². The average Bonchev–Trinajstić information content (AvgIpc) is 3.63. The molecule has 3 unspecified atom stereocenters. The summed E-state index contributed by atoms with van der Waals surface area (Å²) in [5.74, 6) is 2.22. The summed E-state index contributed by atoms with van der Waals surface area (Å²) in [6, 6.07) is 13.6. The maximum Gasteiger partial charge on any atom is 0.228 e. The molecule has 0 aliphatic heterocycles. The van der Waals surface area contributed by atoms with Crippen molar-refractivity contribution in [2.45, 2.75) is 38.5 Å². The van der Waals surface area contributed by atoms with Gasteiger partial charge in [-0.1, -0.05) is 25.0 Å². The third kappa shape index (κ3) is 3.94. The maximum atomic E-state index is 12.7. The minimum Gasteiger partial charge on any atom is -0.338 e. The Balaban J connectivity index is 1.14. The number of carbonyl (C=O) groups excluding carboxylic acids is 2. The van der Waals surface area contributed by atoms with Crippen LogP contribution in [0.1, 0.15) is 38.5 Å². The van der Waals surface area contributed by atoms with E-state index in [-0.39, 0.29) is 23.7 Å². The number of carbonyl (C=O) groups is 2. The molecule has 3 atom stereocenters. The topological polar surface area (TPSA) is 86.9 Å². The van der Waals surface area contributed by atoms with Gasteiger partial charge in [0, 0.05) is 28.8 Å². The van der Waals surface area contributed by atoms with Gasteiger partial charge in [-0.2, -0.15) is 0 Å². The van der Waals surface area contributed by atoms with E-state index in [4.69, 9.17) is 4.98 Å². The first kappa shape index (κ1) is 20.2. The van der Waals surface area contributed by atoms with Crippen LogP contribution in [0.2, 0.25) is 0 Å². The van der Waals surface area contributed by atoms with Gasteiger partial charge in [0.2, 0.25) is 11.8 Å². The monoisotopic (exact) mass is 440 g/mol. The molecule has 2 amide bonds. The van der Waals surface area contributed by atoms with Crippen molar-refractivity contribution in [3.8, 4) is 11.4 Å². The van der Waals surface area contributed by atoms with Crippen LogP contribution in [0.25, 0.3) is 22.4 Å². The molecule has 3 aliphatic carbocycles. The molecule has 2 saturated carbocycles. The van der Waals surface area contributed by atoms with Gasteiger partial charge in [-0.25, -0.2) is 4.98 Å². The van der Waals surface area contributed by atoms with Crippen molar-refractivity contribution in [2.24, 2.45) is 23.7 Å². The van der Waals surface area contributed by atoms with E-state index in [2.05, 4.69) is 27.8 Å². The van der Waals surface area contributed by atoms with Crippen LogP contribution in [0, 0.1) is 23.7 Å². The first-order valence-corrected chi connectivity index (χ1v) is 12.0. The second-order valence-corrected chi connectivity index (χ2v) is 9.74. The first-order chi connectivity index (χ1) is 16.1. The van der Waals surface area contributed by atoms with Crippen molar-refractivity contribution in [1.82, 2.24) is 9.97 Å². The molecule has 2 aromatic carbocycles. The molecule has 0 radical (unpaired) electrons. The SMILES string of the molecule is O=C(Nc1ccc2nc(-c3ccc(NC(=O)C4CC5C=CC4C5)cc3)[nH]c2c1)C1CCCC1. The van der Waals surface area contributed by atoms with Crippen LogP contribution in [0.5, 0.6) is 0 Å². The molecule has 3 N–H and O–H groups in total. The summed E-state index contributed by atoms with van der Waals surface area (Å²) < 4.78 is 0. The summed E-state index contributed by atoms with van der Waals surface area (Å²) in [5, 5.41) is 6.13. The Morgan fingerprint density at radius 3 is 2.36 bits per heavy atom. The molecular formula is C27H28N4O2. The number of nitrogens with one attached hydrogen (secondary N) is 3. The summed E-state index contributed by atoms with van der Waals surface area (Å²) in [7, 11) is 0. The number of anilines is 2. The fourth-order valence-electron chi connectivity index (χ4n) is 5.68. The molecule has 1 heterocycles. The number of rotatable bonds is 5. The maximum absolute atomic E-state index is 12.7. The Kier molecular flexibility index (Phi) is 5.01. The lowest BCUT2D eigenvalue weighted by atomic mass is 9.93. The zero-order valence-corrected chi connectivity index (χ0v) is 18.5. The molecule has 168 valence electrons. The quantitative estimate of drug-likeness (QED) is 0.457. The molecule has 3 aromatic rings. The highest BCUT2D eigenvalue weighted by Gasteiger charge is 2.39. The second kappa shape index (κ2) is 8.18. The summed E-state index contributed by atoms with van der Waals surface area (Å²) in [6.07, 6.45) is 10.8. The molecule has 6 heteroatoms. The van der Waals surface area contributed by atoms with E-state index in [1.807, 2.05) is 42.5 Å². The van der Waals surface area contributed by atoms with Crippen molar-refractivity contribution >= 4 is 34.2 Å². The van der Waals surface area contributed by atoms with Gasteiger partial charge in [0.05, 0.1) is 11.0 Å². The van der Waals surface area contributed by atoms with E-state index in [0.29, 0.717) is 11.8 Å². The zero-order valence-electron chi connectivity index (χ0n) is 18.5. The molecule has 0 saturated heterocycles. The van der Waals surface area contributed by atoms with Gasteiger partial charge < -0.3 is 15.6 Å². The van der Waals surface area contributed by atoms with Crippen LogP contribution >= 0.6 is 0 Å². The Morgan fingerprint density at radius 1 is 0.879 bits per heavy atom. The Morgan fingerprint density at radius 2 is 1.64 bits per heavy atom. The minimum atomic E-state index is 0.0957. The van der Waals surface area contributed by atoms with Gasteiger partial charge in [0.15, 0.2) is 0 Å². The zero-order chi connectivity index (χ0) is 22.4. The summed E-state index contributed by atoms with van der Waals surface area (Å²) >= 11 is 0. The van der Waals surface area contributed by atoms with Crippen molar-refractivity contribution in [1.29, 1.82) is 0 Å². The number of H-pyrrole nitrogens is 1. The van der Waals surface area contributed by atoms with E-state index in [9.17, 15) is 9.59 Å². The fraction of sp³-hybridized carbons (Fsp3) is 0.370. The molecule has 1 aromatic heterocycles. The molecule has 6 nitrogen and oxygen atoms in total. The predicted molar refractivity (Wildman–Crippen MR) is 130 cm³/mol. The van der Waals surface area contributed by atoms with E-state index in [0.717, 1.165) is 72.3 Å². The fourth-order valence-corrected chi connectivity index (χ4v) is 5.68. The highest BCUT2D eigenvalue weighted by atomic mass is 16.2. The molecule has 2 bridgehead atoms. The standard InChI is InChI=1S/C27H28N4O2/c32-26(18-3-1-2-4-18)29-21-11-12-23-24(15-21)31-25(30-23)17-7-9-20(10-8-17)28-27(33)22-14-16-5-6-19(22)13-16/h5-12,15-16,18-19,22H,1-4,13-14H2,(H,28,33)(H,29,32)(H,30,31). The van der Waals surface area contributed by atoms with E-state index < -0.39 is 0 Å². The molecular weight excluding hydrogens is 412 g/mol. The average molecular weight is 441 g/mol. The smallest absolute Gasteiger partial charge is 0.228 e. The number of imidazole rings is 1. The summed E-state index contributed by atoms with van der Waals surface area (Å²) in [4.78, 5) is 33.2. The number of amides is 2. The normalized spacial score (nSPS) is 23.9. The number of hydrogen-bond donors (Lipinski definition) is 3. The van der Waals surface area contributed by atoms with Gasteiger partial charge in [0.1, 0.15) is 5.82 Å². The van der Waals surface area contributed by atoms with E-state index >= 15 is 0 Å². The third-order valence-electron chi connectivity index (χ3n) is 7.52. The largest absolute Gasteiger partial charge is 0.338 e. The summed E-state index contributed by atoms with van der Waals surface area (Å²) in [6.45, 7) is 0. The van der Waals surface area contributed by atoms with Gasteiger partial charge in [-0.15, -0.1) is 0 Å². The lowest BCUT2D eigenvalue weighted by molar-refractivity contribution is -0.121. The number of allylic oxidation sites excluding steroid dienone is 2. The van der Waals surface area contributed by atoms with Crippen molar-refractivity contribution in [2.75, 3.05) is 10.6 Å². The highest BCUT2D eigenvalue weighted by Crippen LogP contribution is 2.43. The number of nitrogens with zero attached hydrogens (tertiary/aromatic N) is 1. The van der Waals surface area contributed by atoms with Crippen LogP contribution < -0.4 is 10.6 Å². The van der Waals surface area contributed by atoms with Crippen LogP contribution in [0.4, 0.5) is 11.4 Å². The minimum absolute atomic E-state index is 0.0957. The molecule has 33 heavy (non-hydrogen) atoms. The van der Waals surface area contributed by atoms with Crippen LogP contribution in [-0.2, 0) is 9.59 Å². The molecule has 0 spiro atoms. The number of benzene rings is 2. The predicted octanol–water partition coefficient (Wildman–Crippen LogP) is 5.51. The van der Waals surface area contributed by atoms with Gasteiger partial charge in [-0.3, -0.25) is 9.59 Å². The lowest BCUT2D eigenvalue weighted by Crippen LogP contribution is -2.25. The van der Waals surface area contributed by atoms with Crippen molar-refractivity contribution < 1.29 is 9.59 Å². The van der Waals surface area contributed by atoms with Gasteiger partial charge >= 0.3 is 0 Å². The van der Waals surface area contributed by atoms with Crippen LogP contribution in [-0.4, -0.2) is 21.8 Å². The van der Waals surface area contributed by atoms with Gasteiger partial charge in [-0.05, 0) is 80.0 Å². The number of aromatic amines is 1. The van der Waals surface area contributed by atoms with Crippen molar-refractivity contribution in [3.63, 3.8) is 0 Å². The van der Waals surface area contributed by atoms with Crippen molar-refractivity contribution in [3.05, 3.63) is 54.6 Å². The number of fused-ring (bicyclic) bond motifs is 3. The Bertz CT molecular complexity index is 1240. The first-order valence-electron chi connectivity index (χ1n) is 12.0. The Hall–Kier alpha value is -3.41. The van der Waals surface area contributed by atoms with Crippen LogP contribution in [0.3, 0.4) is 0 Å². The molecule has 3 aliphatic rings. The highest BCUT2D eigenvalue weighted by molar-refractivity contribution is 5.95. The second-order valence-electron chi connectivity index (χ2n) is 9.74. The number of hydrogen-bond acceptors (Lipinski definition) is 3. The third-order valence-corrected chi connectivity index (χ3v) is 7.52. The van der Waals surface area contributed by atoms with Crippen LogP contribution in [0.15, 0.2) is 54.6 Å². The van der Waals surface area contributed by atoms with E-state index in [1.165, 1.54) is 0 Å². The molecule has 2 fully saturated rings. The summed E-state index contributed by atoms with van der Waals surface area (Å²) in [5.41, 5.74) is 4.29. The van der Waals surface area contributed by atoms with E-state index in [1.54, 1.807) is 0 Å².